The van der Waals surface area contributed by atoms with Crippen molar-refractivity contribution in [2.45, 2.75) is 13.3 Å². The van der Waals surface area contributed by atoms with Gasteiger partial charge in [0, 0.05) is 11.3 Å². The number of para-hydroxylation sites is 2. The Hall–Kier alpha value is -2.40. The van der Waals surface area contributed by atoms with E-state index in [0.717, 1.165) is 11.0 Å². The minimum absolute atomic E-state index is 0.575. The van der Waals surface area contributed by atoms with Gasteiger partial charge >= 0.3 is 0 Å². The third kappa shape index (κ3) is 1.83. The smallest absolute Gasteiger partial charge is 0.121 e. The van der Waals surface area contributed by atoms with Gasteiger partial charge in [-0.2, -0.15) is 0 Å². The van der Waals surface area contributed by atoms with Crippen LogP contribution < -0.4 is 4.90 Å². The second kappa shape index (κ2) is 4.61. The van der Waals surface area contributed by atoms with Crippen molar-refractivity contribution in [1.82, 2.24) is 15.0 Å². The van der Waals surface area contributed by atoms with Crippen LogP contribution in [0.15, 0.2) is 48.5 Å². The van der Waals surface area contributed by atoms with Crippen molar-refractivity contribution < 1.29 is 4.74 Å². The van der Waals surface area contributed by atoms with Crippen molar-refractivity contribution in [2.75, 3.05) is 11.6 Å². The first-order chi connectivity index (χ1) is 9.92. The van der Waals surface area contributed by atoms with Crippen LogP contribution in [0.5, 0.6) is 0 Å². The van der Waals surface area contributed by atoms with Crippen molar-refractivity contribution in [2.24, 2.45) is 0 Å². The van der Waals surface area contributed by atoms with E-state index in [1.165, 1.54) is 11.3 Å². The van der Waals surface area contributed by atoms with Gasteiger partial charge in [-0.3, -0.25) is 0 Å². The fourth-order valence-electron chi connectivity index (χ4n) is 2.58. The Morgan fingerprint density at radius 1 is 1.05 bits per heavy atom. The minimum atomic E-state index is 0.575. The molecule has 0 bridgehead atoms. The number of fused-ring (bicyclic) bond motifs is 2. The number of hydrogen-bond acceptors (Lipinski definition) is 4. The van der Waals surface area contributed by atoms with Gasteiger partial charge in [0.15, 0.2) is 0 Å². The molecule has 0 amide bonds. The lowest BCUT2D eigenvalue weighted by molar-refractivity contribution is 0.105. The van der Waals surface area contributed by atoms with E-state index in [9.17, 15) is 0 Å². The average Bonchev–Trinajstić information content (AvgIpc) is 2.91. The van der Waals surface area contributed by atoms with Gasteiger partial charge in [-0.25, -0.2) is 4.68 Å². The summed E-state index contributed by atoms with van der Waals surface area (Å²) in [6, 6.07) is 16.3. The summed E-state index contributed by atoms with van der Waals surface area (Å²) in [5, 5.41) is 8.42. The third-order valence-electron chi connectivity index (χ3n) is 3.56. The van der Waals surface area contributed by atoms with Gasteiger partial charge in [-0.15, -0.1) is 5.10 Å². The molecule has 100 valence electrons. The minimum Gasteiger partial charge on any atom is -0.356 e. The number of benzene rings is 2. The largest absolute Gasteiger partial charge is 0.356 e. The van der Waals surface area contributed by atoms with Crippen LogP contribution in [0, 0.1) is 0 Å². The quantitative estimate of drug-likeness (QED) is 0.714. The van der Waals surface area contributed by atoms with Crippen LogP contribution in [0.2, 0.25) is 0 Å². The standard InChI is InChI=1S/C15H14N4O/c1-3-7-14-12(5-1)9-20-11-18(14)10-19-15-8-4-2-6-13(15)16-17-19/h1-8H,9-11H2. The van der Waals surface area contributed by atoms with E-state index in [2.05, 4.69) is 33.4 Å². The summed E-state index contributed by atoms with van der Waals surface area (Å²) in [6.07, 6.45) is 0. The Morgan fingerprint density at radius 3 is 2.90 bits per heavy atom. The number of hydrogen-bond donors (Lipinski definition) is 0. The third-order valence-corrected chi connectivity index (χ3v) is 3.56. The van der Waals surface area contributed by atoms with Crippen LogP contribution in [-0.4, -0.2) is 21.7 Å². The maximum Gasteiger partial charge on any atom is 0.121 e. The van der Waals surface area contributed by atoms with Crippen molar-refractivity contribution in [3.63, 3.8) is 0 Å². The molecule has 0 spiro atoms. The van der Waals surface area contributed by atoms with Crippen molar-refractivity contribution in [3.05, 3.63) is 54.1 Å². The lowest BCUT2D eigenvalue weighted by Gasteiger charge is -2.30. The van der Waals surface area contributed by atoms with Gasteiger partial charge in [0.25, 0.3) is 0 Å². The fraction of sp³-hybridized carbons (Fsp3) is 0.200. The predicted octanol–water partition coefficient (Wildman–Crippen LogP) is 2.38. The van der Waals surface area contributed by atoms with E-state index in [-0.39, 0.29) is 0 Å². The van der Waals surface area contributed by atoms with E-state index < -0.39 is 0 Å². The molecule has 1 aliphatic heterocycles. The summed E-state index contributed by atoms with van der Waals surface area (Å²) in [5.74, 6) is 0. The van der Waals surface area contributed by atoms with E-state index in [0.29, 0.717) is 20.0 Å². The van der Waals surface area contributed by atoms with Gasteiger partial charge in [0.1, 0.15) is 18.9 Å². The van der Waals surface area contributed by atoms with Crippen LogP contribution in [-0.2, 0) is 18.0 Å². The second-order valence-corrected chi connectivity index (χ2v) is 4.87. The molecule has 0 radical (unpaired) electrons. The second-order valence-electron chi connectivity index (χ2n) is 4.87. The number of ether oxygens (including phenoxy) is 1. The summed E-state index contributed by atoms with van der Waals surface area (Å²) in [6.45, 7) is 1.88. The first kappa shape index (κ1) is 11.4. The lowest BCUT2D eigenvalue weighted by atomic mass is 10.1. The Bertz CT molecular complexity index is 752. The van der Waals surface area contributed by atoms with Crippen LogP contribution in [0.4, 0.5) is 5.69 Å². The van der Waals surface area contributed by atoms with Gasteiger partial charge < -0.3 is 9.64 Å². The van der Waals surface area contributed by atoms with Crippen molar-refractivity contribution in [3.8, 4) is 0 Å². The molecular formula is C15H14N4O. The van der Waals surface area contributed by atoms with Crippen LogP contribution >= 0.6 is 0 Å². The molecule has 0 N–H and O–H groups in total. The molecular weight excluding hydrogens is 252 g/mol. The van der Waals surface area contributed by atoms with Gasteiger partial charge in [0.2, 0.25) is 0 Å². The van der Waals surface area contributed by atoms with Gasteiger partial charge in [0.05, 0.1) is 12.1 Å². The molecule has 5 nitrogen and oxygen atoms in total. The van der Waals surface area contributed by atoms with Gasteiger partial charge in [-0.1, -0.05) is 35.5 Å². The SMILES string of the molecule is c1ccc2c(c1)COCN2Cn1nnc2ccccc21. The van der Waals surface area contributed by atoms with Crippen LogP contribution in [0.3, 0.4) is 0 Å². The molecule has 0 aliphatic carbocycles. The Kier molecular flexibility index (Phi) is 2.63. The van der Waals surface area contributed by atoms with E-state index in [4.69, 9.17) is 4.74 Å². The molecule has 0 fully saturated rings. The van der Waals surface area contributed by atoms with Crippen molar-refractivity contribution in [1.29, 1.82) is 0 Å². The molecule has 0 saturated heterocycles. The van der Waals surface area contributed by atoms with E-state index in [1.54, 1.807) is 0 Å². The highest BCUT2D eigenvalue weighted by atomic mass is 16.5. The molecule has 1 aliphatic rings. The number of aromatic nitrogens is 3. The summed E-state index contributed by atoms with van der Waals surface area (Å²) >= 11 is 0. The highest BCUT2D eigenvalue weighted by molar-refractivity contribution is 5.74. The zero-order valence-corrected chi connectivity index (χ0v) is 10.9. The summed E-state index contributed by atoms with van der Waals surface area (Å²) in [7, 11) is 0. The molecule has 20 heavy (non-hydrogen) atoms. The molecule has 3 aromatic rings. The van der Waals surface area contributed by atoms with Crippen LogP contribution in [0.25, 0.3) is 11.0 Å². The maximum atomic E-state index is 5.63. The normalized spacial score (nSPS) is 14.5. The Balaban J connectivity index is 1.70. The average molecular weight is 266 g/mol. The molecule has 2 aromatic carbocycles. The molecule has 0 unspecified atom stereocenters. The summed E-state index contributed by atoms with van der Waals surface area (Å²) < 4.78 is 7.54. The molecule has 5 heteroatoms. The Morgan fingerprint density at radius 2 is 1.90 bits per heavy atom. The Labute approximate surface area is 116 Å². The van der Waals surface area contributed by atoms with E-state index in [1.807, 2.05) is 35.0 Å². The summed E-state index contributed by atoms with van der Waals surface area (Å²) in [4.78, 5) is 2.17. The number of nitrogens with zero attached hydrogens (tertiary/aromatic N) is 4. The first-order valence-electron chi connectivity index (χ1n) is 6.61. The topological polar surface area (TPSA) is 43.2 Å². The monoisotopic (exact) mass is 266 g/mol. The molecule has 0 saturated carbocycles. The molecule has 1 aromatic heterocycles. The number of anilines is 1. The van der Waals surface area contributed by atoms with E-state index >= 15 is 0 Å². The first-order valence-corrected chi connectivity index (χ1v) is 6.61. The number of rotatable bonds is 2. The van der Waals surface area contributed by atoms with Crippen LogP contribution in [0.1, 0.15) is 5.56 Å². The highest BCUT2D eigenvalue weighted by Crippen LogP contribution is 2.26. The fourth-order valence-corrected chi connectivity index (χ4v) is 2.58. The molecule has 0 atom stereocenters. The maximum absolute atomic E-state index is 5.63. The zero-order valence-electron chi connectivity index (χ0n) is 10.9. The highest BCUT2D eigenvalue weighted by Gasteiger charge is 2.17. The predicted molar refractivity (Wildman–Crippen MR) is 76.1 cm³/mol. The molecule has 2 heterocycles. The van der Waals surface area contributed by atoms with Crippen molar-refractivity contribution >= 4 is 16.7 Å². The summed E-state index contributed by atoms with van der Waals surface area (Å²) in [5.41, 5.74) is 4.37. The van der Waals surface area contributed by atoms with Gasteiger partial charge in [-0.05, 0) is 18.2 Å². The zero-order chi connectivity index (χ0) is 13.4. The lowest BCUT2D eigenvalue weighted by Crippen LogP contribution is -2.33. The molecule has 4 rings (SSSR count).